The minimum Gasteiger partial charge on any atom is -0.396 e. The third kappa shape index (κ3) is 3.22. The van der Waals surface area contributed by atoms with Crippen LogP contribution in [0.1, 0.15) is 24.8 Å². The molecule has 1 spiro atoms. The maximum atomic E-state index is 9.64. The van der Waals surface area contributed by atoms with E-state index in [4.69, 9.17) is 0 Å². The summed E-state index contributed by atoms with van der Waals surface area (Å²) in [5.41, 5.74) is 1.77. The van der Waals surface area contributed by atoms with E-state index in [0.717, 1.165) is 26.2 Å². The van der Waals surface area contributed by atoms with Crippen molar-refractivity contribution < 1.29 is 5.11 Å². The molecular formula is C17H26N2O. The second kappa shape index (κ2) is 6.25. The summed E-state index contributed by atoms with van der Waals surface area (Å²) in [7, 11) is 0. The maximum absolute atomic E-state index is 9.64. The molecule has 20 heavy (non-hydrogen) atoms. The fourth-order valence-electron chi connectivity index (χ4n) is 4.07. The molecule has 110 valence electrons. The molecule has 1 aromatic rings. The zero-order valence-corrected chi connectivity index (χ0v) is 12.2. The van der Waals surface area contributed by atoms with Crippen molar-refractivity contribution in [1.82, 2.24) is 10.2 Å². The minimum atomic E-state index is 0.326. The summed E-state index contributed by atoms with van der Waals surface area (Å²) in [6, 6.07) is 10.7. The van der Waals surface area contributed by atoms with Gasteiger partial charge in [0.25, 0.3) is 0 Å². The van der Waals surface area contributed by atoms with Crippen molar-refractivity contribution in [1.29, 1.82) is 0 Å². The first-order chi connectivity index (χ1) is 9.80. The maximum Gasteiger partial charge on any atom is 0.0471 e. The molecule has 0 aliphatic carbocycles. The average molecular weight is 274 g/mol. The van der Waals surface area contributed by atoms with Gasteiger partial charge in [-0.3, -0.25) is 4.90 Å². The molecule has 0 saturated carbocycles. The van der Waals surface area contributed by atoms with Gasteiger partial charge in [-0.15, -0.1) is 0 Å². The lowest BCUT2D eigenvalue weighted by molar-refractivity contribution is 0.00561. The van der Waals surface area contributed by atoms with E-state index in [2.05, 4.69) is 40.5 Å². The lowest BCUT2D eigenvalue weighted by Gasteiger charge is -2.48. The lowest BCUT2D eigenvalue weighted by atomic mass is 9.71. The summed E-state index contributed by atoms with van der Waals surface area (Å²) in [5.74, 6) is 0.437. The number of nitrogens with one attached hydrogen (secondary N) is 1. The van der Waals surface area contributed by atoms with E-state index in [1.807, 2.05) is 0 Å². The first-order valence-corrected chi connectivity index (χ1v) is 7.88. The molecule has 0 bridgehead atoms. The van der Waals surface area contributed by atoms with Gasteiger partial charge in [-0.25, -0.2) is 0 Å². The van der Waals surface area contributed by atoms with Gasteiger partial charge < -0.3 is 10.4 Å². The Labute approximate surface area is 122 Å². The smallest absolute Gasteiger partial charge is 0.0471 e. The van der Waals surface area contributed by atoms with Gasteiger partial charge in [-0.1, -0.05) is 30.3 Å². The number of hydrogen-bond donors (Lipinski definition) is 2. The van der Waals surface area contributed by atoms with Gasteiger partial charge in [0.05, 0.1) is 0 Å². The first kappa shape index (κ1) is 14.1. The van der Waals surface area contributed by atoms with E-state index in [-0.39, 0.29) is 0 Å². The van der Waals surface area contributed by atoms with Crippen molar-refractivity contribution in [3.8, 4) is 0 Å². The molecule has 0 amide bonds. The van der Waals surface area contributed by atoms with Crippen molar-refractivity contribution in [3.05, 3.63) is 35.9 Å². The third-order valence-electron chi connectivity index (χ3n) is 4.86. The molecule has 0 unspecified atom stereocenters. The predicted octanol–water partition coefficient (Wildman–Crippen LogP) is 1.87. The molecule has 3 rings (SSSR count). The number of hydrogen-bond acceptors (Lipinski definition) is 3. The van der Waals surface area contributed by atoms with E-state index in [1.165, 1.54) is 31.4 Å². The zero-order valence-electron chi connectivity index (χ0n) is 12.2. The Balaban J connectivity index is 1.70. The van der Waals surface area contributed by atoms with Crippen LogP contribution in [0.5, 0.6) is 0 Å². The van der Waals surface area contributed by atoms with E-state index in [1.54, 1.807) is 0 Å². The van der Waals surface area contributed by atoms with Crippen LogP contribution >= 0.6 is 0 Å². The monoisotopic (exact) mass is 274 g/mol. The normalized spacial score (nSPS) is 31.6. The number of benzene rings is 1. The summed E-state index contributed by atoms with van der Waals surface area (Å²) in [6.07, 6.45) is 3.76. The Hall–Kier alpha value is -0.900. The highest BCUT2D eigenvalue weighted by atomic mass is 16.3. The largest absolute Gasteiger partial charge is 0.396 e. The summed E-state index contributed by atoms with van der Waals surface area (Å²) in [4.78, 5) is 2.55. The minimum absolute atomic E-state index is 0.326. The summed E-state index contributed by atoms with van der Waals surface area (Å²) >= 11 is 0. The van der Waals surface area contributed by atoms with Gasteiger partial charge in [0.1, 0.15) is 0 Å². The molecule has 2 heterocycles. The van der Waals surface area contributed by atoms with Gasteiger partial charge in [-0.05, 0) is 42.7 Å². The van der Waals surface area contributed by atoms with Crippen LogP contribution in [-0.2, 0) is 6.54 Å². The molecule has 0 aromatic heterocycles. The van der Waals surface area contributed by atoms with Gasteiger partial charge in [0.15, 0.2) is 0 Å². The number of rotatable bonds is 3. The molecule has 2 aliphatic heterocycles. The Morgan fingerprint density at radius 3 is 2.85 bits per heavy atom. The van der Waals surface area contributed by atoms with E-state index < -0.39 is 0 Å². The fraction of sp³-hybridized carbons (Fsp3) is 0.647. The molecule has 3 heteroatoms. The second-order valence-corrected chi connectivity index (χ2v) is 6.69. The van der Waals surface area contributed by atoms with E-state index in [0.29, 0.717) is 17.9 Å². The summed E-state index contributed by atoms with van der Waals surface area (Å²) in [5, 5.41) is 13.2. The second-order valence-electron chi connectivity index (χ2n) is 6.69. The Morgan fingerprint density at radius 1 is 1.30 bits per heavy atom. The topological polar surface area (TPSA) is 35.5 Å². The molecule has 3 nitrogen and oxygen atoms in total. The molecule has 1 aromatic carbocycles. The number of nitrogens with zero attached hydrogens (tertiary/aromatic N) is 1. The van der Waals surface area contributed by atoms with Crippen molar-refractivity contribution in [3.63, 3.8) is 0 Å². The van der Waals surface area contributed by atoms with Crippen molar-refractivity contribution >= 4 is 0 Å². The number of piperidine rings is 2. The van der Waals surface area contributed by atoms with Crippen molar-refractivity contribution in [2.75, 3.05) is 32.8 Å². The SMILES string of the molecule is OC[C@H]1CN(Cc2ccccc2)C[C@]2(CCCNC2)C1. The van der Waals surface area contributed by atoms with Crippen molar-refractivity contribution in [2.24, 2.45) is 11.3 Å². The van der Waals surface area contributed by atoms with Gasteiger partial charge in [0, 0.05) is 32.8 Å². The van der Waals surface area contributed by atoms with Crippen LogP contribution in [0.4, 0.5) is 0 Å². The predicted molar refractivity (Wildman–Crippen MR) is 81.4 cm³/mol. The first-order valence-electron chi connectivity index (χ1n) is 7.88. The van der Waals surface area contributed by atoms with Crippen molar-refractivity contribution in [2.45, 2.75) is 25.8 Å². The average Bonchev–Trinajstić information content (AvgIpc) is 2.48. The number of aliphatic hydroxyl groups is 1. The van der Waals surface area contributed by atoms with Crippen LogP contribution < -0.4 is 5.32 Å². The molecule has 2 atom stereocenters. The van der Waals surface area contributed by atoms with Crippen LogP contribution in [0.2, 0.25) is 0 Å². The van der Waals surface area contributed by atoms with Gasteiger partial charge >= 0.3 is 0 Å². The summed E-state index contributed by atoms with van der Waals surface area (Å²) in [6.45, 7) is 5.82. The Bertz CT molecular complexity index is 414. The molecular weight excluding hydrogens is 248 g/mol. The lowest BCUT2D eigenvalue weighted by Crippen LogP contribution is -2.54. The number of likely N-dealkylation sites (tertiary alicyclic amines) is 1. The van der Waals surface area contributed by atoms with Crippen LogP contribution in [-0.4, -0.2) is 42.8 Å². The van der Waals surface area contributed by atoms with Crippen LogP contribution in [0.15, 0.2) is 30.3 Å². The molecule has 0 radical (unpaired) electrons. The fourth-order valence-corrected chi connectivity index (χ4v) is 4.07. The van der Waals surface area contributed by atoms with Crippen LogP contribution in [0.3, 0.4) is 0 Å². The van der Waals surface area contributed by atoms with E-state index in [9.17, 15) is 5.11 Å². The summed E-state index contributed by atoms with van der Waals surface area (Å²) < 4.78 is 0. The highest BCUT2D eigenvalue weighted by Crippen LogP contribution is 2.38. The Kier molecular flexibility index (Phi) is 4.39. The molecule has 2 aliphatic rings. The molecule has 2 fully saturated rings. The third-order valence-corrected chi connectivity index (χ3v) is 4.86. The molecule has 2 N–H and O–H groups in total. The van der Waals surface area contributed by atoms with Crippen LogP contribution in [0.25, 0.3) is 0 Å². The van der Waals surface area contributed by atoms with Gasteiger partial charge in [-0.2, -0.15) is 0 Å². The number of aliphatic hydroxyl groups excluding tert-OH is 1. The highest BCUT2D eigenvalue weighted by molar-refractivity contribution is 5.14. The quantitative estimate of drug-likeness (QED) is 0.883. The van der Waals surface area contributed by atoms with Gasteiger partial charge in [0.2, 0.25) is 0 Å². The van der Waals surface area contributed by atoms with E-state index >= 15 is 0 Å². The highest BCUT2D eigenvalue weighted by Gasteiger charge is 2.40. The standard InChI is InChI=1S/C17H26N2O/c20-12-16-9-17(7-4-8-18-13-17)14-19(11-16)10-15-5-2-1-3-6-15/h1-3,5-6,16,18,20H,4,7-14H2/t16-,17-/m1/s1. The Morgan fingerprint density at radius 2 is 2.15 bits per heavy atom. The van der Waals surface area contributed by atoms with Crippen LogP contribution in [0, 0.1) is 11.3 Å². The molecule has 2 saturated heterocycles. The zero-order chi connectivity index (χ0) is 13.8.